The summed E-state index contributed by atoms with van der Waals surface area (Å²) in [7, 11) is 1.78. The van der Waals surface area contributed by atoms with Gasteiger partial charge in [-0.25, -0.2) is 9.37 Å². The predicted molar refractivity (Wildman–Crippen MR) is 116 cm³/mol. The van der Waals surface area contributed by atoms with Gasteiger partial charge >= 0.3 is 0 Å². The second-order valence-electron chi connectivity index (χ2n) is 7.46. The lowest BCUT2D eigenvalue weighted by Gasteiger charge is -2.33. The Kier molecular flexibility index (Phi) is 6.24. The van der Waals surface area contributed by atoms with Crippen LogP contribution in [-0.4, -0.2) is 40.2 Å². The maximum Gasteiger partial charge on any atom is 0.227 e. The summed E-state index contributed by atoms with van der Waals surface area (Å²) in [5, 5.41) is 4.97. The van der Waals surface area contributed by atoms with E-state index in [1.807, 2.05) is 22.9 Å². The molecule has 1 aliphatic rings. The number of thiophene rings is 1. The van der Waals surface area contributed by atoms with Gasteiger partial charge in [-0.05, 0) is 35.6 Å². The van der Waals surface area contributed by atoms with Crippen LogP contribution in [0.4, 0.5) is 4.39 Å². The van der Waals surface area contributed by atoms with Gasteiger partial charge < -0.3 is 9.80 Å². The molecule has 0 N–H and O–H groups in total. The average molecular weight is 444 g/mol. The van der Waals surface area contributed by atoms with E-state index in [1.165, 1.54) is 12.1 Å². The third-order valence-corrected chi connectivity index (χ3v) is 7.10. The molecule has 1 unspecified atom stereocenters. The molecule has 0 radical (unpaired) electrons. The zero-order chi connectivity index (χ0) is 21.1. The number of amides is 2. The van der Waals surface area contributed by atoms with Gasteiger partial charge in [-0.15, -0.1) is 22.7 Å². The van der Waals surface area contributed by atoms with Crippen LogP contribution in [0, 0.1) is 11.7 Å². The molecular weight excluding hydrogens is 421 g/mol. The van der Waals surface area contributed by atoms with Crippen LogP contribution in [0.5, 0.6) is 0 Å². The molecule has 156 valence electrons. The molecule has 30 heavy (non-hydrogen) atoms. The second-order valence-corrected chi connectivity index (χ2v) is 9.26. The summed E-state index contributed by atoms with van der Waals surface area (Å²) in [6.07, 6.45) is 0.873. The van der Waals surface area contributed by atoms with Crippen molar-refractivity contribution in [3.63, 3.8) is 0 Å². The molecule has 1 aliphatic heterocycles. The number of likely N-dealkylation sites (tertiary alicyclic amines) is 1. The number of carbonyl (C=O) groups excluding carboxylic acids is 2. The lowest BCUT2D eigenvalue weighted by molar-refractivity contribution is -0.143. The van der Waals surface area contributed by atoms with Gasteiger partial charge in [0.25, 0.3) is 0 Å². The van der Waals surface area contributed by atoms with Crippen LogP contribution < -0.4 is 0 Å². The molecule has 4 rings (SSSR count). The molecule has 0 saturated carbocycles. The molecule has 0 aliphatic carbocycles. The van der Waals surface area contributed by atoms with Crippen LogP contribution in [0.3, 0.4) is 0 Å². The van der Waals surface area contributed by atoms with Gasteiger partial charge in [-0.2, -0.15) is 0 Å². The Hall–Kier alpha value is -2.58. The lowest BCUT2D eigenvalue weighted by atomic mass is 9.95. The van der Waals surface area contributed by atoms with E-state index in [0.29, 0.717) is 32.5 Å². The average Bonchev–Trinajstić information content (AvgIpc) is 3.41. The number of nitrogens with zero attached hydrogens (tertiary/aromatic N) is 3. The van der Waals surface area contributed by atoms with Crippen molar-refractivity contribution < 1.29 is 14.0 Å². The first-order valence-electron chi connectivity index (χ1n) is 9.75. The molecule has 1 saturated heterocycles. The van der Waals surface area contributed by atoms with Gasteiger partial charge in [-0.3, -0.25) is 9.59 Å². The second kappa shape index (κ2) is 9.06. The molecule has 0 spiro atoms. The molecule has 1 fully saturated rings. The van der Waals surface area contributed by atoms with Crippen molar-refractivity contribution in [2.75, 3.05) is 13.6 Å². The largest absolute Gasteiger partial charge is 0.340 e. The first-order valence-corrected chi connectivity index (χ1v) is 11.5. The van der Waals surface area contributed by atoms with Crippen LogP contribution in [-0.2, 0) is 22.7 Å². The normalized spacial score (nSPS) is 16.7. The molecule has 5 nitrogen and oxygen atoms in total. The maximum absolute atomic E-state index is 13.5. The summed E-state index contributed by atoms with van der Waals surface area (Å²) in [4.78, 5) is 34.4. The number of benzene rings is 1. The van der Waals surface area contributed by atoms with E-state index >= 15 is 0 Å². The standard InChI is InChI=1S/C22H22FN3O2S2/c1-25(13-18-14-30-21(24-18)19-6-3-9-29-19)22(28)16-7-8-20(27)26(12-16)11-15-4-2-5-17(23)10-15/h2-6,9-10,14,16H,7-8,11-13H2,1H3. The SMILES string of the molecule is CN(Cc1csc(-c2cccs2)n1)C(=O)C1CCC(=O)N(Cc2cccc(F)c2)C1. The first-order chi connectivity index (χ1) is 14.5. The maximum atomic E-state index is 13.5. The Morgan fingerprint density at radius 1 is 1.30 bits per heavy atom. The Morgan fingerprint density at radius 2 is 2.17 bits per heavy atom. The van der Waals surface area contributed by atoms with E-state index in [9.17, 15) is 14.0 Å². The molecule has 8 heteroatoms. The van der Waals surface area contributed by atoms with Crippen LogP contribution in [0.2, 0.25) is 0 Å². The predicted octanol–water partition coefficient (Wildman–Crippen LogP) is 4.41. The van der Waals surface area contributed by atoms with Gasteiger partial charge in [0.05, 0.1) is 23.0 Å². The third-order valence-electron chi connectivity index (χ3n) is 5.17. The van der Waals surface area contributed by atoms with Crippen molar-refractivity contribution in [1.82, 2.24) is 14.8 Å². The Balaban J connectivity index is 1.38. The minimum atomic E-state index is -0.325. The van der Waals surface area contributed by atoms with E-state index in [0.717, 1.165) is 21.1 Å². The summed E-state index contributed by atoms with van der Waals surface area (Å²) >= 11 is 3.22. The minimum Gasteiger partial charge on any atom is -0.340 e. The first kappa shape index (κ1) is 20.7. The fraction of sp³-hybridized carbons (Fsp3) is 0.318. The van der Waals surface area contributed by atoms with Crippen molar-refractivity contribution in [3.8, 4) is 9.88 Å². The molecule has 3 heterocycles. The van der Waals surface area contributed by atoms with Crippen molar-refractivity contribution in [3.05, 3.63) is 64.2 Å². The van der Waals surface area contributed by atoms with Gasteiger partial charge in [0.2, 0.25) is 11.8 Å². The number of halogens is 1. The Labute approximate surface area is 182 Å². The summed E-state index contributed by atoms with van der Waals surface area (Å²) in [5.74, 6) is -0.561. The number of hydrogen-bond acceptors (Lipinski definition) is 5. The molecule has 2 amide bonds. The number of thiazole rings is 1. The zero-order valence-corrected chi connectivity index (χ0v) is 18.2. The lowest BCUT2D eigenvalue weighted by Crippen LogP contribution is -2.45. The number of rotatable bonds is 6. The van der Waals surface area contributed by atoms with Crippen LogP contribution in [0.25, 0.3) is 9.88 Å². The molecule has 3 aromatic rings. The van der Waals surface area contributed by atoms with Crippen molar-refractivity contribution >= 4 is 34.5 Å². The highest BCUT2D eigenvalue weighted by atomic mass is 32.1. The Bertz CT molecular complexity index is 1030. The van der Waals surface area contributed by atoms with Crippen LogP contribution in [0.15, 0.2) is 47.2 Å². The number of aromatic nitrogens is 1. The van der Waals surface area contributed by atoms with Gasteiger partial charge in [-0.1, -0.05) is 18.2 Å². The van der Waals surface area contributed by atoms with Gasteiger partial charge in [0.1, 0.15) is 10.8 Å². The topological polar surface area (TPSA) is 53.5 Å². The van der Waals surface area contributed by atoms with E-state index in [1.54, 1.807) is 51.7 Å². The van der Waals surface area contributed by atoms with Gasteiger partial charge in [0, 0.05) is 31.9 Å². The van der Waals surface area contributed by atoms with Crippen molar-refractivity contribution in [2.24, 2.45) is 5.92 Å². The molecule has 1 aromatic carbocycles. The monoisotopic (exact) mass is 443 g/mol. The Morgan fingerprint density at radius 3 is 2.93 bits per heavy atom. The smallest absolute Gasteiger partial charge is 0.227 e. The minimum absolute atomic E-state index is 0.00561. The fourth-order valence-corrected chi connectivity index (χ4v) is 5.28. The van der Waals surface area contributed by atoms with Gasteiger partial charge in [0.15, 0.2) is 0 Å². The highest BCUT2D eigenvalue weighted by molar-refractivity contribution is 7.20. The van der Waals surface area contributed by atoms with Crippen molar-refractivity contribution in [2.45, 2.75) is 25.9 Å². The molecule has 0 bridgehead atoms. The number of hydrogen-bond donors (Lipinski definition) is 0. The highest BCUT2D eigenvalue weighted by Gasteiger charge is 2.32. The summed E-state index contributed by atoms with van der Waals surface area (Å²) in [6, 6.07) is 10.3. The van der Waals surface area contributed by atoms with Crippen LogP contribution >= 0.6 is 22.7 Å². The van der Waals surface area contributed by atoms with E-state index in [4.69, 9.17) is 0 Å². The van der Waals surface area contributed by atoms with E-state index in [-0.39, 0.29) is 23.5 Å². The number of piperidine rings is 1. The number of carbonyl (C=O) groups is 2. The molecule has 2 aromatic heterocycles. The summed E-state index contributed by atoms with van der Waals surface area (Å²) < 4.78 is 13.5. The fourth-order valence-electron chi connectivity index (χ4n) is 3.65. The van der Waals surface area contributed by atoms with Crippen molar-refractivity contribution in [1.29, 1.82) is 0 Å². The van der Waals surface area contributed by atoms with E-state index < -0.39 is 0 Å². The summed E-state index contributed by atoms with van der Waals surface area (Å²) in [5.41, 5.74) is 1.59. The van der Waals surface area contributed by atoms with Crippen LogP contribution in [0.1, 0.15) is 24.1 Å². The molecular formula is C22H22FN3O2S2. The molecule has 1 atom stereocenters. The third kappa shape index (κ3) is 4.76. The quantitative estimate of drug-likeness (QED) is 0.567. The van der Waals surface area contributed by atoms with E-state index in [2.05, 4.69) is 4.98 Å². The zero-order valence-electron chi connectivity index (χ0n) is 16.6. The summed E-state index contributed by atoms with van der Waals surface area (Å²) in [6.45, 7) is 1.12. The highest BCUT2D eigenvalue weighted by Crippen LogP contribution is 2.28.